The standard InChI is InChI=1S/C11H14OS/c1-8(2)10-4-9(7-12)5-11(6-10)13-3/h4-8H,1-3H3. The van der Waals surface area contributed by atoms with Crippen LogP contribution in [0.1, 0.15) is 35.7 Å². The molecule has 0 radical (unpaired) electrons. The predicted molar refractivity (Wildman–Crippen MR) is 57.7 cm³/mol. The molecule has 70 valence electrons. The van der Waals surface area contributed by atoms with Crippen LogP contribution in [-0.4, -0.2) is 12.5 Å². The molecule has 0 aliphatic heterocycles. The molecule has 1 nitrogen and oxygen atoms in total. The molecule has 0 unspecified atom stereocenters. The maximum absolute atomic E-state index is 10.6. The van der Waals surface area contributed by atoms with Crippen LogP contribution in [0.5, 0.6) is 0 Å². The molecule has 0 fully saturated rings. The fourth-order valence-electron chi connectivity index (χ4n) is 1.17. The van der Waals surface area contributed by atoms with Crippen LogP contribution in [0.25, 0.3) is 0 Å². The van der Waals surface area contributed by atoms with E-state index >= 15 is 0 Å². The molecule has 0 aromatic heterocycles. The van der Waals surface area contributed by atoms with Crippen molar-refractivity contribution >= 4 is 18.0 Å². The summed E-state index contributed by atoms with van der Waals surface area (Å²) in [6.07, 6.45) is 2.93. The van der Waals surface area contributed by atoms with Gasteiger partial charge in [0.1, 0.15) is 6.29 Å². The van der Waals surface area contributed by atoms with E-state index in [2.05, 4.69) is 19.9 Å². The minimum Gasteiger partial charge on any atom is -0.298 e. The van der Waals surface area contributed by atoms with Gasteiger partial charge in [0.05, 0.1) is 0 Å². The highest BCUT2D eigenvalue weighted by Gasteiger charge is 2.03. The van der Waals surface area contributed by atoms with E-state index in [9.17, 15) is 4.79 Å². The lowest BCUT2D eigenvalue weighted by Gasteiger charge is -2.07. The number of carbonyl (C=O) groups excluding carboxylic acids is 1. The number of benzene rings is 1. The molecule has 0 bridgehead atoms. The van der Waals surface area contributed by atoms with Crippen LogP contribution in [0.4, 0.5) is 0 Å². The Hall–Kier alpha value is -0.760. The zero-order chi connectivity index (χ0) is 9.84. The van der Waals surface area contributed by atoms with Gasteiger partial charge in [-0.3, -0.25) is 4.79 Å². The lowest BCUT2D eigenvalue weighted by molar-refractivity contribution is 0.112. The lowest BCUT2D eigenvalue weighted by atomic mass is 10.0. The average molecular weight is 194 g/mol. The Bertz CT molecular complexity index is 305. The van der Waals surface area contributed by atoms with E-state index in [4.69, 9.17) is 0 Å². The summed E-state index contributed by atoms with van der Waals surface area (Å²) in [5.74, 6) is 0.478. The summed E-state index contributed by atoms with van der Waals surface area (Å²) in [5.41, 5.74) is 2.00. The summed E-state index contributed by atoms with van der Waals surface area (Å²) in [7, 11) is 0. The molecule has 1 rings (SSSR count). The van der Waals surface area contributed by atoms with Gasteiger partial charge in [-0.15, -0.1) is 11.8 Å². The predicted octanol–water partition coefficient (Wildman–Crippen LogP) is 3.34. The molecule has 0 aliphatic carbocycles. The van der Waals surface area contributed by atoms with Crippen molar-refractivity contribution in [2.45, 2.75) is 24.7 Å². The summed E-state index contributed by atoms with van der Waals surface area (Å²) < 4.78 is 0. The average Bonchev–Trinajstić information content (AvgIpc) is 2.16. The minimum absolute atomic E-state index is 0.478. The number of carbonyl (C=O) groups is 1. The third-order valence-electron chi connectivity index (χ3n) is 1.99. The molecule has 1 aromatic carbocycles. The molecule has 13 heavy (non-hydrogen) atoms. The van der Waals surface area contributed by atoms with Crippen LogP contribution in [0, 0.1) is 0 Å². The Morgan fingerprint density at radius 2 is 2.00 bits per heavy atom. The first kappa shape index (κ1) is 10.3. The molecule has 0 saturated heterocycles. The zero-order valence-corrected chi connectivity index (χ0v) is 9.02. The number of hydrogen-bond donors (Lipinski definition) is 0. The van der Waals surface area contributed by atoms with Crippen molar-refractivity contribution < 1.29 is 4.79 Å². The molecule has 0 aliphatic rings. The van der Waals surface area contributed by atoms with E-state index in [1.54, 1.807) is 11.8 Å². The summed E-state index contributed by atoms with van der Waals surface area (Å²) in [6.45, 7) is 4.27. The number of hydrogen-bond acceptors (Lipinski definition) is 2. The maximum Gasteiger partial charge on any atom is 0.150 e. The highest BCUT2D eigenvalue weighted by molar-refractivity contribution is 7.98. The highest BCUT2D eigenvalue weighted by Crippen LogP contribution is 2.23. The van der Waals surface area contributed by atoms with Gasteiger partial charge in [0.25, 0.3) is 0 Å². The van der Waals surface area contributed by atoms with Crippen LogP contribution in [-0.2, 0) is 0 Å². The topological polar surface area (TPSA) is 17.1 Å². The molecule has 0 amide bonds. The van der Waals surface area contributed by atoms with Crippen LogP contribution < -0.4 is 0 Å². The van der Waals surface area contributed by atoms with Crippen molar-refractivity contribution in [1.29, 1.82) is 0 Å². The molecular weight excluding hydrogens is 180 g/mol. The van der Waals surface area contributed by atoms with Gasteiger partial charge in [-0.25, -0.2) is 0 Å². The van der Waals surface area contributed by atoms with Crippen molar-refractivity contribution in [3.63, 3.8) is 0 Å². The van der Waals surface area contributed by atoms with Gasteiger partial charge in [-0.05, 0) is 35.9 Å². The molecule has 0 spiro atoms. The van der Waals surface area contributed by atoms with Gasteiger partial charge in [-0.2, -0.15) is 0 Å². The summed E-state index contributed by atoms with van der Waals surface area (Å²) in [5, 5.41) is 0. The van der Waals surface area contributed by atoms with Gasteiger partial charge >= 0.3 is 0 Å². The van der Waals surface area contributed by atoms with E-state index in [1.165, 1.54) is 5.56 Å². The van der Waals surface area contributed by atoms with Crippen LogP contribution in [0.3, 0.4) is 0 Å². The van der Waals surface area contributed by atoms with E-state index in [-0.39, 0.29) is 0 Å². The summed E-state index contributed by atoms with van der Waals surface area (Å²) in [6, 6.07) is 6.02. The molecule has 0 atom stereocenters. The van der Waals surface area contributed by atoms with Gasteiger partial charge in [0, 0.05) is 10.5 Å². The quantitative estimate of drug-likeness (QED) is 0.542. The zero-order valence-electron chi connectivity index (χ0n) is 8.20. The highest BCUT2D eigenvalue weighted by atomic mass is 32.2. The van der Waals surface area contributed by atoms with Crippen LogP contribution in [0.2, 0.25) is 0 Å². The number of rotatable bonds is 3. The van der Waals surface area contributed by atoms with E-state index in [1.807, 2.05) is 18.4 Å². The molecule has 0 N–H and O–H groups in total. The summed E-state index contributed by atoms with van der Waals surface area (Å²) >= 11 is 1.67. The molecule has 0 saturated carbocycles. The fraction of sp³-hybridized carbons (Fsp3) is 0.364. The van der Waals surface area contributed by atoms with Crippen molar-refractivity contribution in [2.75, 3.05) is 6.26 Å². The third-order valence-corrected chi connectivity index (χ3v) is 2.70. The van der Waals surface area contributed by atoms with Crippen LogP contribution in [0.15, 0.2) is 23.1 Å². The largest absolute Gasteiger partial charge is 0.298 e. The van der Waals surface area contributed by atoms with E-state index < -0.39 is 0 Å². The summed E-state index contributed by atoms with van der Waals surface area (Å²) in [4.78, 5) is 11.8. The van der Waals surface area contributed by atoms with E-state index in [0.717, 1.165) is 16.7 Å². The first-order chi connectivity index (χ1) is 6.17. The second kappa shape index (κ2) is 4.47. The maximum atomic E-state index is 10.6. The Morgan fingerprint density at radius 1 is 1.31 bits per heavy atom. The monoisotopic (exact) mass is 194 g/mol. The molecule has 0 heterocycles. The molecular formula is C11H14OS. The van der Waals surface area contributed by atoms with Gasteiger partial charge in [0.2, 0.25) is 0 Å². The van der Waals surface area contributed by atoms with Crippen molar-refractivity contribution in [2.24, 2.45) is 0 Å². The van der Waals surface area contributed by atoms with Gasteiger partial charge < -0.3 is 0 Å². The Balaban J connectivity index is 3.14. The second-order valence-electron chi connectivity index (χ2n) is 3.31. The normalized spacial score (nSPS) is 10.5. The Labute approximate surface area is 83.5 Å². The van der Waals surface area contributed by atoms with Crippen LogP contribution >= 0.6 is 11.8 Å². The minimum atomic E-state index is 0.478. The number of aldehydes is 1. The fourth-order valence-corrected chi connectivity index (χ4v) is 1.67. The second-order valence-corrected chi connectivity index (χ2v) is 4.19. The van der Waals surface area contributed by atoms with Crippen molar-refractivity contribution in [3.05, 3.63) is 29.3 Å². The SMILES string of the molecule is CSc1cc(C=O)cc(C(C)C)c1. The smallest absolute Gasteiger partial charge is 0.150 e. The Morgan fingerprint density at radius 3 is 2.46 bits per heavy atom. The first-order valence-electron chi connectivity index (χ1n) is 4.31. The van der Waals surface area contributed by atoms with E-state index in [0.29, 0.717) is 5.92 Å². The van der Waals surface area contributed by atoms with Crippen molar-refractivity contribution in [3.8, 4) is 0 Å². The third kappa shape index (κ3) is 2.59. The van der Waals surface area contributed by atoms with Gasteiger partial charge in [0.15, 0.2) is 0 Å². The molecule has 2 heteroatoms. The van der Waals surface area contributed by atoms with Gasteiger partial charge in [-0.1, -0.05) is 13.8 Å². The van der Waals surface area contributed by atoms with Crippen molar-refractivity contribution in [1.82, 2.24) is 0 Å². The molecule has 1 aromatic rings. The Kier molecular flexibility index (Phi) is 3.55. The first-order valence-corrected chi connectivity index (χ1v) is 5.54. The number of thioether (sulfide) groups is 1. The lowest BCUT2D eigenvalue weighted by Crippen LogP contribution is -1.91.